The molecule has 2 aromatic carbocycles. The van der Waals surface area contributed by atoms with Crippen molar-refractivity contribution in [2.45, 2.75) is 51.7 Å². The van der Waals surface area contributed by atoms with Gasteiger partial charge in [-0.1, -0.05) is 23.7 Å². The highest BCUT2D eigenvalue weighted by molar-refractivity contribution is 6.33. The highest BCUT2D eigenvalue weighted by atomic mass is 35.5. The van der Waals surface area contributed by atoms with Crippen LogP contribution in [0.5, 0.6) is 5.75 Å². The molecule has 10 heteroatoms. The third kappa shape index (κ3) is 6.44. The van der Waals surface area contributed by atoms with E-state index < -0.39 is 11.5 Å². The van der Waals surface area contributed by atoms with Gasteiger partial charge in [0.2, 0.25) is 0 Å². The van der Waals surface area contributed by atoms with Crippen LogP contribution in [0.1, 0.15) is 39.2 Å². The first kappa shape index (κ1) is 28.1. The van der Waals surface area contributed by atoms with Gasteiger partial charge in [0.15, 0.2) is 6.10 Å². The van der Waals surface area contributed by atoms with Gasteiger partial charge < -0.3 is 25.4 Å². The second-order valence-electron chi connectivity index (χ2n) is 10.4. The number of hydrogen-bond donors (Lipinski definition) is 2. The number of amides is 1. The Hall–Kier alpha value is -3.51. The van der Waals surface area contributed by atoms with Crippen molar-refractivity contribution in [3.63, 3.8) is 0 Å². The molecular formula is C27H32ClFN4O4. The van der Waals surface area contributed by atoms with E-state index in [0.29, 0.717) is 55.4 Å². The van der Waals surface area contributed by atoms with Crippen molar-refractivity contribution in [2.24, 2.45) is 5.41 Å². The predicted octanol–water partition coefficient (Wildman–Crippen LogP) is 4.50. The highest BCUT2D eigenvalue weighted by Gasteiger charge is 2.41. The first-order chi connectivity index (χ1) is 17.4. The van der Waals surface area contributed by atoms with Gasteiger partial charge in [-0.3, -0.25) is 9.59 Å². The molecule has 2 aliphatic heterocycles. The van der Waals surface area contributed by atoms with Gasteiger partial charge >= 0.3 is 0 Å². The fourth-order valence-electron chi connectivity index (χ4n) is 4.76. The molecule has 2 aromatic rings. The van der Waals surface area contributed by atoms with Crippen LogP contribution in [0.3, 0.4) is 0 Å². The quantitative estimate of drug-likeness (QED) is 0.442. The molecule has 0 aromatic heterocycles. The summed E-state index contributed by atoms with van der Waals surface area (Å²) in [6.45, 7) is 7.31. The Labute approximate surface area is 221 Å². The second-order valence-corrected chi connectivity index (χ2v) is 10.8. The minimum absolute atomic E-state index is 0.0956. The van der Waals surface area contributed by atoms with Crippen LogP contribution in [0.2, 0.25) is 5.02 Å². The lowest BCUT2D eigenvalue weighted by Crippen LogP contribution is -2.56. The molecule has 0 saturated carbocycles. The van der Waals surface area contributed by atoms with Crippen molar-refractivity contribution in [3.8, 4) is 11.8 Å². The number of anilines is 2. The minimum atomic E-state index is -0.681. The number of carbonyl (C=O) groups is 2. The van der Waals surface area contributed by atoms with Gasteiger partial charge in [-0.05, 0) is 63.8 Å². The van der Waals surface area contributed by atoms with E-state index in [-0.39, 0.29) is 23.7 Å². The Morgan fingerprint density at radius 3 is 2.43 bits per heavy atom. The number of halogens is 2. The van der Waals surface area contributed by atoms with Gasteiger partial charge in [-0.25, -0.2) is 4.39 Å². The Balaban J connectivity index is 0.00000121. The summed E-state index contributed by atoms with van der Waals surface area (Å²) in [5.41, 5.74) is 7.31. The molecule has 1 fully saturated rings. The van der Waals surface area contributed by atoms with Crippen LogP contribution in [0.4, 0.5) is 15.8 Å². The van der Waals surface area contributed by atoms with Crippen LogP contribution in [-0.2, 0) is 16.0 Å². The zero-order valence-corrected chi connectivity index (χ0v) is 22.0. The fraction of sp³-hybridized carbons (Fsp3) is 0.444. The summed E-state index contributed by atoms with van der Waals surface area (Å²) in [6, 6.07) is 12.2. The molecule has 198 valence electrons. The standard InChI is InChI=1S/C26H30ClFN4O2.CH2O2/c1-25(2,3)32-15-23(34-22-13-20(30)19(27)12-21(22)32)24(33)31-10-8-26(16-29,9-11-31)14-17-4-6-18(28)7-5-17;2-1-3/h4-7,12-13,23H,8-11,14-15,30H2,1-3H3;1H,(H,2,3). The van der Waals surface area contributed by atoms with E-state index in [0.717, 1.165) is 11.3 Å². The summed E-state index contributed by atoms with van der Waals surface area (Å²) in [4.78, 5) is 25.7. The molecule has 3 N–H and O–H groups in total. The van der Waals surface area contributed by atoms with Gasteiger partial charge in [0.25, 0.3) is 12.4 Å². The van der Waals surface area contributed by atoms with Crippen LogP contribution < -0.4 is 15.4 Å². The van der Waals surface area contributed by atoms with E-state index in [1.807, 2.05) is 0 Å². The number of carbonyl (C=O) groups excluding carboxylic acids is 1. The number of piperidine rings is 1. The number of carboxylic acid groups (broad SMARTS) is 1. The first-order valence-corrected chi connectivity index (χ1v) is 12.4. The summed E-state index contributed by atoms with van der Waals surface area (Å²) in [6.07, 6.45) is 0.971. The molecule has 0 spiro atoms. The molecule has 2 aliphatic rings. The lowest BCUT2D eigenvalue weighted by Gasteiger charge is -2.45. The summed E-state index contributed by atoms with van der Waals surface area (Å²) in [5.74, 6) is 0.153. The SMILES string of the molecule is CC(C)(C)N1CC(C(=O)N2CCC(C#N)(Cc3ccc(F)cc3)CC2)Oc2cc(N)c(Cl)cc21.O=CO. The average molecular weight is 531 g/mol. The molecule has 37 heavy (non-hydrogen) atoms. The smallest absolute Gasteiger partial charge is 0.290 e. The van der Waals surface area contributed by atoms with Crippen molar-refractivity contribution in [1.29, 1.82) is 5.26 Å². The molecule has 1 amide bonds. The minimum Gasteiger partial charge on any atom is -0.483 e. The highest BCUT2D eigenvalue weighted by Crippen LogP contribution is 2.42. The summed E-state index contributed by atoms with van der Waals surface area (Å²) in [7, 11) is 0. The zero-order valence-electron chi connectivity index (χ0n) is 21.2. The largest absolute Gasteiger partial charge is 0.483 e. The molecule has 0 radical (unpaired) electrons. The van der Waals surface area contributed by atoms with Crippen LogP contribution in [-0.4, -0.2) is 53.7 Å². The van der Waals surface area contributed by atoms with Gasteiger partial charge in [0.05, 0.1) is 34.4 Å². The lowest BCUT2D eigenvalue weighted by atomic mass is 9.75. The van der Waals surface area contributed by atoms with E-state index in [4.69, 9.17) is 32.0 Å². The third-order valence-electron chi connectivity index (χ3n) is 6.80. The molecule has 4 rings (SSSR count). The van der Waals surface area contributed by atoms with Crippen molar-refractivity contribution < 1.29 is 23.8 Å². The first-order valence-electron chi connectivity index (χ1n) is 12.0. The molecule has 1 atom stereocenters. The maximum absolute atomic E-state index is 13.5. The van der Waals surface area contributed by atoms with Crippen molar-refractivity contribution in [3.05, 3.63) is 52.8 Å². The van der Waals surface area contributed by atoms with Crippen molar-refractivity contribution >= 4 is 35.4 Å². The number of rotatable bonds is 3. The Morgan fingerprint density at radius 2 is 1.89 bits per heavy atom. The Bertz CT molecular complexity index is 1170. The van der Waals surface area contributed by atoms with Gasteiger partial charge in [-0.15, -0.1) is 0 Å². The van der Waals surface area contributed by atoms with Crippen LogP contribution in [0, 0.1) is 22.6 Å². The number of likely N-dealkylation sites (tertiary alicyclic amines) is 1. The van der Waals surface area contributed by atoms with Crippen LogP contribution >= 0.6 is 11.6 Å². The van der Waals surface area contributed by atoms with Gasteiger partial charge in [0.1, 0.15) is 11.6 Å². The molecule has 0 bridgehead atoms. The van der Waals surface area contributed by atoms with Gasteiger partial charge in [-0.2, -0.15) is 5.26 Å². The maximum Gasteiger partial charge on any atom is 0.290 e. The molecule has 0 aliphatic carbocycles. The molecule has 2 heterocycles. The Kier molecular flexibility index (Phi) is 8.54. The molecule has 8 nitrogen and oxygen atoms in total. The van der Waals surface area contributed by atoms with E-state index in [9.17, 15) is 14.4 Å². The predicted molar refractivity (Wildman–Crippen MR) is 140 cm³/mol. The number of nitrogens with zero attached hydrogens (tertiary/aromatic N) is 3. The summed E-state index contributed by atoms with van der Waals surface area (Å²) < 4.78 is 19.4. The van der Waals surface area contributed by atoms with Crippen molar-refractivity contribution in [2.75, 3.05) is 30.3 Å². The van der Waals surface area contributed by atoms with E-state index >= 15 is 0 Å². The van der Waals surface area contributed by atoms with Crippen LogP contribution in [0.15, 0.2) is 36.4 Å². The number of nitriles is 1. The van der Waals surface area contributed by atoms with Gasteiger partial charge in [0, 0.05) is 24.7 Å². The van der Waals surface area contributed by atoms with E-state index in [1.165, 1.54) is 12.1 Å². The van der Waals surface area contributed by atoms with Crippen molar-refractivity contribution in [1.82, 2.24) is 4.90 Å². The van der Waals surface area contributed by atoms with Crippen LogP contribution in [0.25, 0.3) is 0 Å². The molecular weight excluding hydrogens is 499 g/mol. The summed E-state index contributed by atoms with van der Waals surface area (Å²) >= 11 is 6.26. The number of hydrogen-bond acceptors (Lipinski definition) is 6. The lowest BCUT2D eigenvalue weighted by molar-refractivity contribution is -0.140. The number of fused-ring (bicyclic) bond motifs is 1. The van der Waals surface area contributed by atoms with E-state index in [1.54, 1.807) is 29.2 Å². The normalized spacial score (nSPS) is 18.4. The number of nitrogen functional groups attached to an aromatic ring is 1. The fourth-order valence-corrected chi connectivity index (χ4v) is 4.92. The molecule has 1 saturated heterocycles. The number of nitrogens with two attached hydrogens (primary N) is 1. The number of benzene rings is 2. The average Bonchev–Trinajstić information content (AvgIpc) is 2.85. The second kappa shape index (κ2) is 11.3. The number of ether oxygens (including phenoxy) is 1. The third-order valence-corrected chi connectivity index (χ3v) is 7.12. The Morgan fingerprint density at radius 1 is 1.30 bits per heavy atom. The maximum atomic E-state index is 13.5. The topological polar surface area (TPSA) is 120 Å². The molecule has 1 unspecified atom stereocenters. The summed E-state index contributed by atoms with van der Waals surface area (Å²) in [5, 5.41) is 17.3. The van der Waals surface area contributed by atoms with E-state index in [2.05, 4.69) is 31.7 Å². The monoisotopic (exact) mass is 530 g/mol. The zero-order chi connectivity index (χ0) is 27.4.